The highest BCUT2D eigenvalue weighted by molar-refractivity contribution is 6.28. The number of carbonyl (C=O) groups excluding carboxylic acids is 4. The lowest BCUT2D eigenvalue weighted by Gasteiger charge is -2.37. The van der Waals surface area contributed by atoms with Gasteiger partial charge in [-0.05, 0) is 29.3 Å². The molecule has 1 N–H and O–H groups in total. The highest BCUT2D eigenvalue weighted by Crippen LogP contribution is 2.41. The Hall–Kier alpha value is -3.49. The zero-order valence-electron chi connectivity index (χ0n) is 14.7. The molecule has 1 fully saturated rings. The summed E-state index contributed by atoms with van der Waals surface area (Å²) in [7, 11) is 0. The van der Waals surface area contributed by atoms with Gasteiger partial charge in [0.05, 0.1) is 18.5 Å². The molecule has 1 atom stereocenters. The smallest absolute Gasteiger partial charge is 0.295 e. The van der Waals surface area contributed by atoms with Gasteiger partial charge in [0.1, 0.15) is 0 Å². The van der Waals surface area contributed by atoms with Crippen LogP contribution < -0.4 is 5.32 Å². The minimum atomic E-state index is -4.59. The Balaban J connectivity index is 1.80. The molecule has 0 aliphatic carbocycles. The molecule has 2 aromatic rings. The molecule has 2 aliphatic heterocycles. The summed E-state index contributed by atoms with van der Waals surface area (Å²) in [6.45, 7) is -0.459. The van der Waals surface area contributed by atoms with Gasteiger partial charge in [-0.25, -0.2) is 0 Å². The van der Waals surface area contributed by atoms with E-state index in [9.17, 15) is 32.3 Å². The maximum absolute atomic E-state index is 13.2. The van der Waals surface area contributed by atoms with Crippen LogP contribution in [0, 0.1) is 0 Å². The molecule has 4 amide bonds. The first kappa shape index (κ1) is 18.9. The van der Waals surface area contributed by atoms with Crippen molar-refractivity contribution < 1.29 is 32.3 Å². The van der Waals surface area contributed by atoms with Crippen LogP contribution in [-0.2, 0) is 32.5 Å². The standard InChI is InChI=1S/C20H13F3N2O4/c21-20(22,23)12-5-3-4-11(8-12)10-25-16(27)13-6-1-2-7-14(13)19(18(25)29)9-15(26)24-17(19)28/h1-8H,9-10H2,(H,24,26,28). The molecule has 29 heavy (non-hydrogen) atoms. The van der Waals surface area contributed by atoms with Crippen molar-refractivity contribution in [1.29, 1.82) is 0 Å². The summed E-state index contributed by atoms with van der Waals surface area (Å²) < 4.78 is 39.0. The van der Waals surface area contributed by atoms with Crippen LogP contribution in [0.1, 0.15) is 33.5 Å². The summed E-state index contributed by atoms with van der Waals surface area (Å²) in [5.74, 6) is -3.17. The maximum atomic E-state index is 13.2. The van der Waals surface area contributed by atoms with E-state index in [1.165, 1.54) is 30.3 Å². The SMILES string of the molecule is O=C1CC2(C(=O)N1)C(=O)N(Cc1cccc(C(F)(F)F)c1)C(=O)c1ccccc12. The van der Waals surface area contributed by atoms with Crippen molar-refractivity contribution in [1.82, 2.24) is 10.2 Å². The van der Waals surface area contributed by atoms with Gasteiger partial charge in [0, 0.05) is 5.56 Å². The van der Waals surface area contributed by atoms with E-state index < -0.39 is 53.7 Å². The predicted octanol–water partition coefficient (Wildman–Crippen LogP) is 2.17. The number of nitrogens with one attached hydrogen (secondary N) is 1. The third-order valence-electron chi connectivity index (χ3n) is 5.13. The Kier molecular flexibility index (Phi) is 4.07. The van der Waals surface area contributed by atoms with Gasteiger partial charge in [-0.1, -0.05) is 30.3 Å². The second-order valence-electron chi connectivity index (χ2n) is 6.90. The monoisotopic (exact) mass is 402 g/mol. The van der Waals surface area contributed by atoms with Crippen LogP contribution in [-0.4, -0.2) is 28.5 Å². The third kappa shape index (κ3) is 2.81. The molecule has 2 heterocycles. The second-order valence-corrected chi connectivity index (χ2v) is 6.90. The summed E-state index contributed by atoms with van der Waals surface area (Å²) in [5.41, 5.74) is -2.57. The normalized spacial score (nSPS) is 21.6. The van der Waals surface area contributed by atoms with E-state index in [2.05, 4.69) is 5.32 Å². The second kappa shape index (κ2) is 6.26. The molecule has 0 aromatic heterocycles. The van der Waals surface area contributed by atoms with Gasteiger partial charge in [0.15, 0.2) is 5.41 Å². The van der Waals surface area contributed by atoms with Gasteiger partial charge in [-0.2, -0.15) is 13.2 Å². The molecule has 1 spiro atoms. The summed E-state index contributed by atoms with van der Waals surface area (Å²) in [6, 6.07) is 10.2. The molecule has 1 saturated heterocycles. The van der Waals surface area contributed by atoms with Gasteiger partial charge in [0.2, 0.25) is 11.8 Å². The van der Waals surface area contributed by atoms with Gasteiger partial charge in [-0.3, -0.25) is 29.4 Å². The Morgan fingerprint density at radius 1 is 1.00 bits per heavy atom. The lowest BCUT2D eigenvalue weighted by Crippen LogP contribution is -2.57. The number of fused-ring (bicyclic) bond motifs is 2. The van der Waals surface area contributed by atoms with Crippen molar-refractivity contribution in [3.8, 4) is 0 Å². The van der Waals surface area contributed by atoms with Gasteiger partial charge < -0.3 is 0 Å². The first-order chi connectivity index (χ1) is 13.6. The number of halogens is 3. The Labute approximate surface area is 162 Å². The Bertz CT molecular complexity index is 1080. The molecular weight excluding hydrogens is 389 g/mol. The quantitative estimate of drug-likeness (QED) is 0.617. The molecule has 6 nitrogen and oxygen atoms in total. The molecule has 0 radical (unpaired) electrons. The molecule has 2 aliphatic rings. The lowest BCUT2D eigenvalue weighted by molar-refractivity contribution is -0.142. The number of hydrogen-bond donors (Lipinski definition) is 1. The number of rotatable bonds is 2. The fraction of sp³-hybridized carbons (Fsp3) is 0.200. The number of hydrogen-bond acceptors (Lipinski definition) is 4. The highest BCUT2D eigenvalue weighted by Gasteiger charge is 2.60. The number of alkyl halides is 3. The van der Waals surface area contributed by atoms with E-state index in [4.69, 9.17) is 0 Å². The Morgan fingerprint density at radius 3 is 2.38 bits per heavy atom. The minimum Gasteiger partial charge on any atom is -0.295 e. The van der Waals surface area contributed by atoms with Crippen molar-refractivity contribution in [3.05, 3.63) is 70.8 Å². The average molecular weight is 402 g/mol. The van der Waals surface area contributed by atoms with Crippen LogP contribution in [0.4, 0.5) is 13.2 Å². The zero-order chi connectivity index (χ0) is 21.0. The van der Waals surface area contributed by atoms with Crippen LogP contribution in [0.25, 0.3) is 0 Å². The number of imide groups is 2. The minimum absolute atomic E-state index is 0.0592. The summed E-state index contributed by atoms with van der Waals surface area (Å²) in [5, 5.41) is 2.09. The summed E-state index contributed by atoms with van der Waals surface area (Å²) in [6.07, 6.45) is -5.05. The number of carbonyl (C=O) groups is 4. The van der Waals surface area contributed by atoms with Crippen LogP contribution in [0.5, 0.6) is 0 Å². The molecule has 148 valence electrons. The van der Waals surface area contributed by atoms with Crippen LogP contribution >= 0.6 is 0 Å². The number of benzene rings is 2. The average Bonchev–Trinajstić information content (AvgIpc) is 2.98. The van der Waals surface area contributed by atoms with E-state index in [0.29, 0.717) is 0 Å². The van der Waals surface area contributed by atoms with Crippen LogP contribution in [0.15, 0.2) is 48.5 Å². The summed E-state index contributed by atoms with van der Waals surface area (Å²) >= 11 is 0. The van der Waals surface area contributed by atoms with Gasteiger partial charge in [0.25, 0.3) is 11.8 Å². The lowest BCUT2D eigenvalue weighted by atomic mass is 9.72. The topological polar surface area (TPSA) is 83.6 Å². The highest BCUT2D eigenvalue weighted by atomic mass is 19.4. The van der Waals surface area contributed by atoms with Crippen molar-refractivity contribution >= 4 is 23.6 Å². The van der Waals surface area contributed by atoms with Crippen LogP contribution in [0.3, 0.4) is 0 Å². The van der Waals surface area contributed by atoms with E-state index in [1.54, 1.807) is 6.07 Å². The largest absolute Gasteiger partial charge is 0.416 e. The maximum Gasteiger partial charge on any atom is 0.416 e. The molecule has 4 rings (SSSR count). The molecule has 2 aromatic carbocycles. The van der Waals surface area contributed by atoms with Crippen molar-refractivity contribution in [2.45, 2.75) is 24.6 Å². The third-order valence-corrected chi connectivity index (χ3v) is 5.13. The van der Waals surface area contributed by atoms with Gasteiger partial charge in [-0.15, -0.1) is 0 Å². The van der Waals surface area contributed by atoms with E-state index >= 15 is 0 Å². The van der Waals surface area contributed by atoms with Crippen LogP contribution in [0.2, 0.25) is 0 Å². The van der Waals surface area contributed by atoms with Gasteiger partial charge >= 0.3 is 6.18 Å². The molecule has 0 saturated carbocycles. The first-order valence-electron chi connectivity index (χ1n) is 8.61. The predicted molar refractivity (Wildman–Crippen MR) is 92.2 cm³/mol. The summed E-state index contributed by atoms with van der Waals surface area (Å²) in [4.78, 5) is 51.3. The molecular formula is C20H13F3N2O4. The number of amides is 4. The molecule has 1 unspecified atom stereocenters. The Morgan fingerprint density at radius 2 is 1.72 bits per heavy atom. The van der Waals surface area contributed by atoms with E-state index in [0.717, 1.165) is 17.0 Å². The van der Waals surface area contributed by atoms with Crippen molar-refractivity contribution in [3.63, 3.8) is 0 Å². The molecule has 9 heteroatoms. The fourth-order valence-electron chi connectivity index (χ4n) is 3.79. The van der Waals surface area contributed by atoms with E-state index in [-0.39, 0.29) is 16.7 Å². The van der Waals surface area contributed by atoms with Crippen molar-refractivity contribution in [2.24, 2.45) is 0 Å². The zero-order valence-corrected chi connectivity index (χ0v) is 14.7. The van der Waals surface area contributed by atoms with Crippen molar-refractivity contribution in [2.75, 3.05) is 0 Å². The first-order valence-corrected chi connectivity index (χ1v) is 8.61. The fourth-order valence-corrected chi connectivity index (χ4v) is 3.79. The molecule has 0 bridgehead atoms. The van der Waals surface area contributed by atoms with E-state index in [1.807, 2.05) is 0 Å². The number of nitrogens with zero attached hydrogens (tertiary/aromatic N) is 1.